The molecule has 2 aromatic rings. The Balaban J connectivity index is 2.63. The molecule has 19 heavy (non-hydrogen) atoms. The summed E-state index contributed by atoms with van der Waals surface area (Å²) < 4.78 is 5.18. The van der Waals surface area contributed by atoms with Crippen LogP contribution in [-0.2, 0) is 6.42 Å². The fraction of sp³-hybridized carbons (Fsp3) is 0.231. The summed E-state index contributed by atoms with van der Waals surface area (Å²) in [5, 5.41) is 1.01. The second-order valence-electron chi connectivity index (χ2n) is 3.84. The van der Waals surface area contributed by atoms with E-state index in [0.29, 0.717) is 27.1 Å². The van der Waals surface area contributed by atoms with E-state index in [2.05, 4.69) is 9.97 Å². The molecule has 0 unspecified atom stereocenters. The van der Waals surface area contributed by atoms with E-state index in [1.54, 1.807) is 19.2 Å². The van der Waals surface area contributed by atoms with Crippen molar-refractivity contribution >= 4 is 34.8 Å². The van der Waals surface area contributed by atoms with Gasteiger partial charge >= 0.3 is 0 Å². The lowest BCUT2D eigenvalue weighted by atomic mass is 10.1. The van der Waals surface area contributed by atoms with Crippen LogP contribution in [0.15, 0.2) is 18.2 Å². The lowest BCUT2D eigenvalue weighted by Crippen LogP contribution is -1.95. The first-order chi connectivity index (χ1) is 9.05. The van der Waals surface area contributed by atoms with E-state index in [0.717, 1.165) is 12.1 Å². The van der Waals surface area contributed by atoms with Gasteiger partial charge in [0.2, 0.25) is 5.28 Å². The minimum Gasteiger partial charge on any atom is -0.497 e. The molecule has 0 radical (unpaired) electrons. The topological polar surface area (TPSA) is 35.0 Å². The number of aryl methyl sites for hydroxylation is 1. The summed E-state index contributed by atoms with van der Waals surface area (Å²) in [5.41, 5.74) is 2.14. The maximum absolute atomic E-state index is 6.21. The van der Waals surface area contributed by atoms with Gasteiger partial charge in [0.1, 0.15) is 5.75 Å². The number of aromatic nitrogens is 2. The number of ether oxygens (including phenoxy) is 1. The van der Waals surface area contributed by atoms with E-state index in [1.165, 1.54) is 0 Å². The van der Waals surface area contributed by atoms with Crippen molar-refractivity contribution in [2.75, 3.05) is 7.11 Å². The number of benzene rings is 1. The molecule has 1 aromatic heterocycles. The summed E-state index contributed by atoms with van der Waals surface area (Å²) in [4.78, 5) is 8.30. The summed E-state index contributed by atoms with van der Waals surface area (Å²) in [6, 6.07) is 5.26. The Bertz CT molecular complexity index is 617. The van der Waals surface area contributed by atoms with Crippen LogP contribution in [0.25, 0.3) is 11.3 Å². The van der Waals surface area contributed by atoms with E-state index >= 15 is 0 Å². The van der Waals surface area contributed by atoms with Crippen LogP contribution in [0, 0.1) is 0 Å². The predicted molar refractivity (Wildman–Crippen MR) is 78.4 cm³/mol. The summed E-state index contributed by atoms with van der Waals surface area (Å²) in [6.07, 6.45) is 0.755. The molecule has 3 nitrogen and oxygen atoms in total. The predicted octanol–water partition coefficient (Wildman–Crippen LogP) is 4.67. The van der Waals surface area contributed by atoms with Gasteiger partial charge in [-0.3, -0.25) is 0 Å². The molecule has 100 valence electrons. The van der Waals surface area contributed by atoms with Crippen LogP contribution >= 0.6 is 34.8 Å². The largest absolute Gasteiger partial charge is 0.497 e. The molecule has 0 saturated heterocycles. The standard InChI is InChI=1S/C13H11Cl3N2O/c1-3-7-4-11(18-13(16)17-7)9-5-8(19-2)6-10(14)12(9)15/h4-6H,3H2,1-2H3. The second-order valence-corrected chi connectivity index (χ2v) is 4.96. The van der Waals surface area contributed by atoms with Gasteiger partial charge in [-0.1, -0.05) is 30.1 Å². The summed E-state index contributed by atoms with van der Waals surface area (Å²) in [7, 11) is 1.56. The summed E-state index contributed by atoms with van der Waals surface area (Å²) in [6.45, 7) is 1.99. The van der Waals surface area contributed by atoms with E-state index in [4.69, 9.17) is 39.5 Å². The summed E-state index contributed by atoms with van der Waals surface area (Å²) >= 11 is 18.2. The maximum Gasteiger partial charge on any atom is 0.223 e. The third-order valence-corrected chi connectivity index (χ3v) is 3.60. The van der Waals surface area contributed by atoms with E-state index in [-0.39, 0.29) is 5.28 Å². The molecular weight excluding hydrogens is 307 g/mol. The van der Waals surface area contributed by atoms with Crippen molar-refractivity contribution in [1.29, 1.82) is 0 Å². The molecule has 0 spiro atoms. The second kappa shape index (κ2) is 5.95. The van der Waals surface area contributed by atoms with E-state index in [1.807, 2.05) is 13.0 Å². The molecular formula is C13H11Cl3N2O. The number of hydrogen-bond acceptors (Lipinski definition) is 3. The van der Waals surface area contributed by atoms with Crippen LogP contribution in [0.4, 0.5) is 0 Å². The Morgan fingerprint density at radius 3 is 2.47 bits per heavy atom. The lowest BCUT2D eigenvalue weighted by Gasteiger charge is -2.09. The van der Waals surface area contributed by atoms with Gasteiger partial charge in [-0.2, -0.15) is 0 Å². The number of nitrogens with zero attached hydrogens (tertiary/aromatic N) is 2. The van der Waals surface area contributed by atoms with Crippen molar-refractivity contribution in [2.24, 2.45) is 0 Å². The number of methoxy groups -OCH3 is 1. The molecule has 1 aromatic carbocycles. The molecule has 0 amide bonds. The highest BCUT2D eigenvalue weighted by Crippen LogP contribution is 2.37. The van der Waals surface area contributed by atoms with Crippen molar-refractivity contribution in [2.45, 2.75) is 13.3 Å². The number of rotatable bonds is 3. The average Bonchev–Trinajstić information content (AvgIpc) is 2.40. The van der Waals surface area contributed by atoms with Crippen LogP contribution in [0.5, 0.6) is 5.75 Å². The zero-order chi connectivity index (χ0) is 14.0. The highest BCUT2D eigenvalue weighted by atomic mass is 35.5. The van der Waals surface area contributed by atoms with Crippen molar-refractivity contribution < 1.29 is 4.74 Å². The first kappa shape index (κ1) is 14.4. The molecule has 0 atom stereocenters. The smallest absolute Gasteiger partial charge is 0.223 e. The number of hydrogen-bond donors (Lipinski definition) is 0. The van der Waals surface area contributed by atoms with Gasteiger partial charge in [-0.15, -0.1) is 0 Å². The van der Waals surface area contributed by atoms with Crippen LogP contribution in [-0.4, -0.2) is 17.1 Å². The molecule has 6 heteroatoms. The van der Waals surface area contributed by atoms with Gasteiger partial charge in [0.15, 0.2) is 0 Å². The molecule has 0 aliphatic carbocycles. The molecule has 0 aliphatic heterocycles. The van der Waals surface area contributed by atoms with E-state index < -0.39 is 0 Å². The zero-order valence-corrected chi connectivity index (χ0v) is 12.6. The van der Waals surface area contributed by atoms with Crippen LogP contribution in [0.1, 0.15) is 12.6 Å². The Hall–Kier alpha value is -1.03. The molecule has 2 rings (SSSR count). The number of halogens is 3. The Morgan fingerprint density at radius 1 is 1.11 bits per heavy atom. The van der Waals surface area contributed by atoms with Gasteiger partial charge in [-0.25, -0.2) is 9.97 Å². The Kier molecular flexibility index (Phi) is 4.50. The van der Waals surface area contributed by atoms with Crippen molar-refractivity contribution in [3.8, 4) is 17.0 Å². The minimum atomic E-state index is 0.185. The van der Waals surface area contributed by atoms with Crippen molar-refractivity contribution in [3.63, 3.8) is 0 Å². The molecule has 0 fully saturated rings. The van der Waals surface area contributed by atoms with Crippen molar-refractivity contribution in [1.82, 2.24) is 9.97 Å². The molecule has 0 saturated carbocycles. The van der Waals surface area contributed by atoms with Crippen LogP contribution in [0.2, 0.25) is 15.3 Å². The Labute approximate surface area is 126 Å². The molecule has 1 heterocycles. The highest BCUT2D eigenvalue weighted by Gasteiger charge is 2.13. The van der Waals surface area contributed by atoms with Gasteiger partial charge in [0.05, 0.1) is 22.8 Å². The van der Waals surface area contributed by atoms with Gasteiger partial charge < -0.3 is 4.74 Å². The monoisotopic (exact) mass is 316 g/mol. The third kappa shape index (κ3) is 3.11. The van der Waals surface area contributed by atoms with Crippen LogP contribution in [0.3, 0.4) is 0 Å². The fourth-order valence-electron chi connectivity index (χ4n) is 1.65. The maximum atomic E-state index is 6.21. The average molecular weight is 318 g/mol. The quantitative estimate of drug-likeness (QED) is 0.771. The summed E-state index contributed by atoms with van der Waals surface area (Å²) in [5.74, 6) is 0.609. The fourth-order valence-corrected chi connectivity index (χ4v) is 2.27. The third-order valence-electron chi connectivity index (χ3n) is 2.63. The van der Waals surface area contributed by atoms with Gasteiger partial charge in [0.25, 0.3) is 0 Å². The molecule has 0 bridgehead atoms. The first-order valence-corrected chi connectivity index (χ1v) is 6.75. The normalized spacial score (nSPS) is 10.6. The minimum absolute atomic E-state index is 0.185. The SMILES string of the molecule is CCc1cc(-c2cc(OC)cc(Cl)c2Cl)nc(Cl)n1. The Morgan fingerprint density at radius 2 is 1.84 bits per heavy atom. The van der Waals surface area contributed by atoms with E-state index in [9.17, 15) is 0 Å². The van der Waals surface area contributed by atoms with Crippen molar-refractivity contribution in [3.05, 3.63) is 39.2 Å². The molecule has 0 aliphatic rings. The lowest BCUT2D eigenvalue weighted by molar-refractivity contribution is 0.415. The van der Waals surface area contributed by atoms with Gasteiger partial charge in [-0.05, 0) is 30.2 Å². The molecule has 0 N–H and O–H groups in total. The van der Waals surface area contributed by atoms with Crippen LogP contribution < -0.4 is 4.74 Å². The van der Waals surface area contributed by atoms with Gasteiger partial charge in [0, 0.05) is 17.3 Å². The zero-order valence-electron chi connectivity index (χ0n) is 10.4. The highest BCUT2D eigenvalue weighted by molar-refractivity contribution is 6.43. The first-order valence-electron chi connectivity index (χ1n) is 5.62.